The normalized spacial score (nSPS) is 18.3. The molecule has 0 radical (unpaired) electrons. The van der Waals surface area contributed by atoms with Crippen molar-refractivity contribution in [2.24, 2.45) is 5.73 Å². The molecule has 4 N–H and O–H groups in total. The Morgan fingerprint density at radius 1 is 1.67 bits per heavy atom. The number of hydrogen-bond donors (Lipinski definition) is 3. The number of carboxylic acids is 1. The summed E-state index contributed by atoms with van der Waals surface area (Å²) in [6, 6.07) is -1.29. The largest absolute Gasteiger partial charge is 0.480 e. The van der Waals surface area contributed by atoms with Gasteiger partial charge in [-0.15, -0.1) is 0 Å². The summed E-state index contributed by atoms with van der Waals surface area (Å²) in [6.07, 6.45) is -1.72. The molecule has 0 aliphatic rings. The molecule has 0 aromatic carbocycles. The molecule has 12 heavy (non-hydrogen) atoms. The Hall–Kier alpha value is -0.650. The summed E-state index contributed by atoms with van der Waals surface area (Å²) in [7, 11) is 0. The van der Waals surface area contributed by atoms with E-state index in [9.17, 15) is 9.90 Å². The van der Waals surface area contributed by atoms with E-state index in [1.54, 1.807) is 13.8 Å². The number of carboxylic acid groups (broad SMARTS) is 1. The second-order valence-electron chi connectivity index (χ2n) is 2.52. The lowest BCUT2D eigenvalue weighted by Gasteiger charge is -2.21. The maximum atomic E-state index is 10.3. The highest BCUT2D eigenvalue weighted by molar-refractivity contribution is 5.73. The van der Waals surface area contributed by atoms with Crippen molar-refractivity contribution in [3.63, 3.8) is 0 Å². The summed E-state index contributed by atoms with van der Waals surface area (Å²) in [6.45, 7) is 3.76. The van der Waals surface area contributed by atoms with Crippen LogP contribution in [-0.2, 0) is 9.53 Å². The molecule has 0 saturated heterocycles. The lowest BCUT2D eigenvalue weighted by atomic mass is 10.1. The topological polar surface area (TPSA) is 92.8 Å². The second kappa shape index (κ2) is 5.08. The molecule has 0 aliphatic heterocycles. The molecule has 0 aliphatic carbocycles. The number of ether oxygens (including phenoxy) is 1. The van der Waals surface area contributed by atoms with Gasteiger partial charge in [0.1, 0.15) is 12.1 Å². The number of aliphatic hydroxyl groups excluding tert-OH is 1. The molecule has 0 amide bonds. The Morgan fingerprint density at radius 2 is 2.17 bits per heavy atom. The van der Waals surface area contributed by atoms with E-state index in [-0.39, 0.29) is 0 Å². The van der Waals surface area contributed by atoms with Gasteiger partial charge < -0.3 is 20.7 Å². The van der Waals surface area contributed by atoms with Gasteiger partial charge in [0.25, 0.3) is 0 Å². The predicted molar refractivity (Wildman–Crippen MR) is 42.7 cm³/mol. The fourth-order valence-corrected chi connectivity index (χ4v) is 0.800. The molecule has 0 fully saturated rings. The summed E-state index contributed by atoms with van der Waals surface area (Å²) in [5.74, 6) is -1.23. The maximum Gasteiger partial charge on any atom is 0.323 e. The molecule has 72 valence electrons. The molecule has 0 aromatic heterocycles. The highest BCUT2D eigenvalue weighted by Crippen LogP contribution is 2.02. The van der Waals surface area contributed by atoms with Crippen LogP contribution in [0.15, 0.2) is 0 Å². The van der Waals surface area contributed by atoms with E-state index in [1.165, 1.54) is 0 Å². The minimum absolute atomic E-state index is 0.421. The average Bonchev–Trinajstić information content (AvgIpc) is 2.02. The van der Waals surface area contributed by atoms with E-state index in [2.05, 4.69) is 0 Å². The zero-order valence-electron chi connectivity index (χ0n) is 7.23. The summed E-state index contributed by atoms with van der Waals surface area (Å²) < 4.78 is 4.98. The van der Waals surface area contributed by atoms with E-state index in [4.69, 9.17) is 15.6 Å². The Bertz CT molecular complexity index is 150. The first-order valence-corrected chi connectivity index (χ1v) is 3.78. The SMILES string of the molecule is CCOC(C)C(O)C(N)C(=O)O. The van der Waals surface area contributed by atoms with Gasteiger partial charge in [-0.2, -0.15) is 0 Å². The van der Waals surface area contributed by atoms with Gasteiger partial charge in [-0.25, -0.2) is 0 Å². The van der Waals surface area contributed by atoms with Crippen LogP contribution in [0, 0.1) is 0 Å². The Kier molecular flexibility index (Phi) is 4.80. The first-order chi connectivity index (χ1) is 5.50. The van der Waals surface area contributed by atoms with Gasteiger partial charge >= 0.3 is 5.97 Å². The maximum absolute atomic E-state index is 10.3. The molecule has 3 atom stereocenters. The molecule has 5 heteroatoms. The van der Waals surface area contributed by atoms with Gasteiger partial charge in [0, 0.05) is 6.61 Å². The molecular weight excluding hydrogens is 162 g/mol. The fraction of sp³-hybridized carbons (Fsp3) is 0.857. The van der Waals surface area contributed by atoms with Crippen molar-refractivity contribution in [1.29, 1.82) is 0 Å². The molecule has 0 spiro atoms. The number of aliphatic hydroxyl groups is 1. The van der Waals surface area contributed by atoms with E-state index in [1.807, 2.05) is 0 Å². The van der Waals surface area contributed by atoms with Crippen LogP contribution in [0.3, 0.4) is 0 Å². The predicted octanol–water partition coefficient (Wildman–Crippen LogP) is -0.816. The van der Waals surface area contributed by atoms with Crippen LogP contribution >= 0.6 is 0 Å². The third-order valence-corrected chi connectivity index (χ3v) is 1.56. The van der Waals surface area contributed by atoms with Crippen molar-refractivity contribution in [2.45, 2.75) is 32.1 Å². The zero-order valence-corrected chi connectivity index (χ0v) is 7.23. The smallest absolute Gasteiger partial charge is 0.323 e. The lowest BCUT2D eigenvalue weighted by molar-refractivity contribution is -0.144. The van der Waals surface area contributed by atoms with Crippen molar-refractivity contribution in [3.8, 4) is 0 Å². The van der Waals surface area contributed by atoms with E-state index >= 15 is 0 Å². The Morgan fingerprint density at radius 3 is 2.50 bits per heavy atom. The molecule has 0 heterocycles. The number of hydrogen-bond acceptors (Lipinski definition) is 4. The second-order valence-corrected chi connectivity index (χ2v) is 2.52. The van der Waals surface area contributed by atoms with Crippen LogP contribution < -0.4 is 5.73 Å². The molecular formula is C7H15NO4. The highest BCUT2D eigenvalue weighted by Gasteiger charge is 2.27. The first-order valence-electron chi connectivity index (χ1n) is 3.78. The van der Waals surface area contributed by atoms with Crippen LogP contribution in [0.5, 0.6) is 0 Å². The third-order valence-electron chi connectivity index (χ3n) is 1.56. The molecule has 0 bridgehead atoms. The summed E-state index contributed by atoms with van der Waals surface area (Å²) in [5, 5.41) is 17.7. The third kappa shape index (κ3) is 3.17. The molecule has 0 rings (SSSR count). The monoisotopic (exact) mass is 177 g/mol. The van der Waals surface area contributed by atoms with E-state index in [0.29, 0.717) is 6.61 Å². The van der Waals surface area contributed by atoms with Gasteiger partial charge in [0.15, 0.2) is 0 Å². The molecule has 0 saturated carbocycles. The summed E-state index contributed by atoms with van der Waals surface area (Å²) in [4.78, 5) is 10.3. The zero-order chi connectivity index (χ0) is 9.72. The van der Waals surface area contributed by atoms with E-state index < -0.39 is 24.2 Å². The van der Waals surface area contributed by atoms with Crippen molar-refractivity contribution >= 4 is 5.97 Å². The summed E-state index contributed by atoms with van der Waals surface area (Å²) in [5.41, 5.74) is 5.16. The van der Waals surface area contributed by atoms with Crippen molar-refractivity contribution in [1.82, 2.24) is 0 Å². The van der Waals surface area contributed by atoms with Gasteiger partial charge in [-0.1, -0.05) is 0 Å². The van der Waals surface area contributed by atoms with Crippen LogP contribution in [0.4, 0.5) is 0 Å². The standard InChI is InChI=1S/C7H15NO4/c1-3-12-4(2)6(9)5(8)7(10)11/h4-6,9H,3,8H2,1-2H3,(H,10,11). The van der Waals surface area contributed by atoms with Crippen LogP contribution in [0.25, 0.3) is 0 Å². The van der Waals surface area contributed by atoms with Gasteiger partial charge in [-0.05, 0) is 13.8 Å². The van der Waals surface area contributed by atoms with Gasteiger partial charge in [-0.3, -0.25) is 4.79 Å². The minimum Gasteiger partial charge on any atom is -0.480 e. The minimum atomic E-state index is -1.29. The van der Waals surface area contributed by atoms with E-state index in [0.717, 1.165) is 0 Å². The number of rotatable bonds is 5. The Labute approximate surface area is 71.1 Å². The lowest BCUT2D eigenvalue weighted by Crippen LogP contribution is -2.47. The fourth-order valence-electron chi connectivity index (χ4n) is 0.800. The number of nitrogens with two attached hydrogens (primary N) is 1. The first kappa shape index (κ1) is 11.4. The van der Waals surface area contributed by atoms with Gasteiger partial charge in [0.2, 0.25) is 0 Å². The number of aliphatic carboxylic acids is 1. The van der Waals surface area contributed by atoms with Crippen molar-refractivity contribution in [3.05, 3.63) is 0 Å². The van der Waals surface area contributed by atoms with Crippen molar-refractivity contribution < 1.29 is 19.7 Å². The van der Waals surface area contributed by atoms with Crippen LogP contribution in [0.2, 0.25) is 0 Å². The van der Waals surface area contributed by atoms with Gasteiger partial charge in [0.05, 0.1) is 6.10 Å². The Balaban J connectivity index is 3.99. The number of carbonyl (C=O) groups is 1. The highest BCUT2D eigenvalue weighted by atomic mass is 16.5. The molecule has 3 unspecified atom stereocenters. The summed E-state index contributed by atoms with van der Waals surface area (Å²) >= 11 is 0. The van der Waals surface area contributed by atoms with Crippen molar-refractivity contribution in [2.75, 3.05) is 6.61 Å². The van der Waals surface area contributed by atoms with Crippen LogP contribution in [0.1, 0.15) is 13.8 Å². The molecule has 0 aromatic rings. The van der Waals surface area contributed by atoms with Crippen LogP contribution in [-0.4, -0.2) is 41.0 Å². The quantitative estimate of drug-likeness (QED) is 0.510. The average molecular weight is 177 g/mol. The molecule has 5 nitrogen and oxygen atoms in total.